The lowest BCUT2D eigenvalue weighted by Crippen LogP contribution is -2.14. The lowest BCUT2D eigenvalue weighted by molar-refractivity contribution is 0.339. The fraction of sp³-hybridized carbons (Fsp3) is 0.438. The molecule has 0 amide bonds. The van der Waals surface area contributed by atoms with Crippen LogP contribution in [0, 0.1) is 13.8 Å². The third-order valence-electron chi connectivity index (χ3n) is 3.68. The van der Waals surface area contributed by atoms with E-state index < -0.39 is 0 Å². The van der Waals surface area contributed by atoms with Crippen molar-refractivity contribution in [1.82, 2.24) is 9.78 Å². The summed E-state index contributed by atoms with van der Waals surface area (Å²) in [7, 11) is 1.97. The first-order chi connectivity index (χ1) is 9.52. The lowest BCUT2D eigenvalue weighted by Gasteiger charge is -2.14. The Morgan fingerprint density at radius 1 is 1.35 bits per heavy atom. The van der Waals surface area contributed by atoms with Crippen molar-refractivity contribution in [3.63, 3.8) is 0 Å². The van der Waals surface area contributed by atoms with E-state index in [0.29, 0.717) is 6.61 Å². The van der Waals surface area contributed by atoms with E-state index in [9.17, 15) is 0 Å². The average molecular weight is 273 g/mol. The molecule has 1 aromatic heterocycles. The minimum Gasteiger partial charge on any atom is -0.494 e. The van der Waals surface area contributed by atoms with Gasteiger partial charge in [0.25, 0.3) is 0 Å². The standard InChI is InChI=1S/C16H23N3O/c1-5-20-14-8-6-7-13(9-14)16(17)10-15-11(2)18-19(4)12(15)3/h6-9,16H,5,10,17H2,1-4H3. The molecule has 2 aromatic rings. The molecule has 2 N–H and O–H groups in total. The van der Waals surface area contributed by atoms with Gasteiger partial charge in [0.2, 0.25) is 0 Å². The van der Waals surface area contributed by atoms with Crippen LogP contribution in [-0.2, 0) is 13.5 Å². The van der Waals surface area contributed by atoms with Crippen molar-refractivity contribution in [1.29, 1.82) is 0 Å². The number of aromatic nitrogens is 2. The van der Waals surface area contributed by atoms with Gasteiger partial charge in [-0.15, -0.1) is 0 Å². The van der Waals surface area contributed by atoms with Gasteiger partial charge in [0.15, 0.2) is 0 Å². The van der Waals surface area contributed by atoms with E-state index in [1.807, 2.05) is 49.8 Å². The SMILES string of the molecule is CCOc1cccc(C(N)Cc2c(C)nn(C)c2C)c1. The van der Waals surface area contributed by atoms with Crippen LogP contribution in [-0.4, -0.2) is 16.4 Å². The maximum Gasteiger partial charge on any atom is 0.119 e. The highest BCUT2D eigenvalue weighted by molar-refractivity contribution is 5.33. The van der Waals surface area contributed by atoms with E-state index in [-0.39, 0.29) is 6.04 Å². The topological polar surface area (TPSA) is 53.1 Å². The van der Waals surface area contributed by atoms with Crippen molar-refractivity contribution in [3.05, 3.63) is 46.8 Å². The Morgan fingerprint density at radius 3 is 2.70 bits per heavy atom. The van der Waals surface area contributed by atoms with Crippen LogP contribution in [0.4, 0.5) is 0 Å². The van der Waals surface area contributed by atoms with Gasteiger partial charge < -0.3 is 10.5 Å². The predicted octanol–water partition coefficient (Wildman–Crippen LogP) is 2.68. The molecule has 4 nitrogen and oxygen atoms in total. The summed E-state index contributed by atoms with van der Waals surface area (Å²) in [5.41, 5.74) is 10.9. The molecule has 2 rings (SSSR count). The van der Waals surface area contributed by atoms with Crippen LogP contribution in [0.5, 0.6) is 5.75 Å². The molecular weight excluding hydrogens is 250 g/mol. The Balaban J connectivity index is 2.19. The third-order valence-corrected chi connectivity index (χ3v) is 3.68. The molecule has 0 aliphatic carbocycles. The highest BCUT2D eigenvalue weighted by atomic mass is 16.5. The van der Waals surface area contributed by atoms with Crippen LogP contribution < -0.4 is 10.5 Å². The van der Waals surface area contributed by atoms with Gasteiger partial charge in [-0.3, -0.25) is 4.68 Å². The molecule has 0 aliphatic heterocycles. The van der Waals surface area contributed by atoms with E-state index in [4.69, 9.17) is 10.5 Å². The highest BCUT2D eigenvalue weighted by Gasteiger charge is 2.15. The van der Waals surface area contributed by atoms with Gasteiger partial charge in [0, 0.05) is 18.8 Å². The van der Waals surface area contributed by atoms with E-state index in [1.54, 1.807) is 0 Å². The van der Waals surface area contributed by atoms with Crippen LogP contribution in [0.2, 0.25) is 0 Å². The van der Waals surface area contributed by atoms with Crippen LogP contribution in [0.1, 0.15) is 35.5 Å². The molecular formula is C16H23N3O. The molecule has 0 fully saturated rings. The maximum absolute atomic E-state index is 6.35. The lowest BCUT2D eigenvalue weighted by atomic mass is 9.98. The minimum atomic E-state index is -0.0444. The molecule has 0 saturated carbocycles. The summed E-state index contributed by atoms with van der Waals surface area (Å²) in [6.07, 6.45) is 0.793. The molecule has 1 heterocycles. The molecule has 1 atom stereocenters. The zero-order chi connectivity index (χ0) is 14.7. The average Bonchev–Trinajstić information content (AvgIpc) is 2.66. The summed E-state index contributed by atoms with van der Waals surface area (Å²) in [6, 6.07) is 7.98. The molecule has 0 radical (unpaired) electrons. The Bertz CT molecular complexity index is 589. The quantitative estimate of drug-likeness (QED) is 0.911. The first-order valence-corrected chi connectivity index (χ1v) is 7.00. The summed E-state index contributed by atoms with van der Waals surface area (Å²) >= 11 is 0. The van der Waals surface area contributed by atoms with Crippen molar-refractivity contribution in [3.8, 4) is 5.75 Å². The van der Waals surface area contributed by atoms with Crippen LogP contribution in [0.15, 0.2) is 24.3 Å². The summed E-state index contributed by atoms with van der Waals surface area (Å²) in [5.74, 6) is 0.875. The largest absolute Gasteiger partial charge is 0.494 e. The van der Waals surface area contributed by atoms with Gasteiger partial charge in [-0.2, -0.15) is 5.10 Å². The Labute approximate surface area is 120 Å². The molecule has 0 aliphatic rings. The summed E-state index contributed by atoms with van der Waals surface area (Å²) in [4.78, 5) is 0. The smallest absolute Gasteiger partial charge is 0.119 e. The van der Waals surface area contributed by atoms with Crippen molar-refractivity contribution < 1.29 is 4.74 Å². The molecule has 20 heavy (non-hydrogen) atoms. The summed E-state index contributed by atoms with van der Waals surface area (Å²) in [5, 5.41) is 4.44. The number of rotatable bonds is 5. The second-order valence-electron chi connectivity index (χ2n) is 5.09. The molecule has 0 saturated heterocycles. The van der Waals surface area contributed by atoms with Crippen LogP contribution in [0.3, 0.4) is 0 Å². The first kappa shape index (κ1) is 14.6. The molecule has 1 unspecified atom stereocenters. The summed E-state index contributed by atoms with van der Waals surface area (Å²) in [6.45, 7) is 6.76. The Morgan fingerprint density at radius 2 is 2.10 bits per heavy atom. The van der Waals surface area contributed by atoms with Crippen molar-refractivity contribution in [2.45, 2.75) is 33.2 Å². The Kier molecular flexibility index (Phi) is 4.45. The number of nitrogens with zero attached hydrogens (tertiary/aromatic N) is 2. The number of hydrogen-bond donors (Lipinski definition) is 1. The normalized spacial score (nSPS) is 12.4. The number of hydrogen-bond acceptors (Lipinski definition) is 3. The van der Waals surface area contributed by atoms with E-state index >= 15 is 0 Å². The van der Waals surface area contributed by atoms with Crippen molar-refractivity contribution >= 4 is 0 Å². The van der Waals surface area contributed by atoms with Crippen LogP contribution in [0.25, 0.3) is 0 Å². The van der Waals surface area contributed by atoms with E-state index in [1.165, 1.54) is 11.3 Å². The number of aryl methyl sites for hydroxylation is 2. The molecule has 108 valence electrons. The van der Waals surface area contributed by atoms with Gasteiger partial charge in [0.05, 0.1) is 12.3 Å². The van der Waals surface area contributed by atoms with Gasteiger partial charge in [-0.05, 0) is 50.5 Å². The van der Waals surface area contributed by atoms with Crippen molar-refractivity contribution in [2.75, 3.05) is 6.61 Å². The van der Waals surface area contributed by atoms with Crippen LogP contribution >= 0.6 is 0 Å². The second-order valence-corrected chi connectivity index (χ2v) is 5.09. The van der Waals surface area contributed by atoms with Gasteiger partial charge in [-0.25, -0.2) is 0 Å². The third kappa shape index (κ3) is 3.02. The Hall–Kier alpha value is -1.81. The zero-order valence-corrected chi connectivity index (χ0v) is 12.7. The molecule has 0 bridgehead atoms. The van der Waals surface area contributed by atoms with E-state index in [2.05, 4.69) is 12.0 Å². The number of benzene rings is 1. The number of nitrogens with two attached hydrogens (primary N) is 1. The molecule has 1 aromatic carbocycles. The second kappa shape index (κ2) is 6.09. The molecule has 4 heteroatoms. The van der Waals surface area contributed by atoms with Gasteiger partial charge in [-0.1, -0.05) is 12.1 Å². The van der Waals surface area contributed by atoms with Gasteiger partial charge in [0.1, 0.15) is 5.75 Å². The molecule has 0 spiro atoms. The van der Waals surface area contributed by atoms with E-state index in [0.717, 1.165) is 23.4 Å². The maximum atomic E-state index is 6.35. The summed E-state index contributed by atoms with van der Waals surface area (Å²) < 4.78 is 7.44. The first-order valence-electron chi connectivity index (χ1n) is 7.00. The van der Waals surface area contributed by atoms with Gasteiger partial charge >= 0.3 is 0 Å². The fourth-order valence-corrected chi connectivity index (χ4v) is 2.45. The fourth-order valence-electron chi connectivity index (χ4n) is 2.45. The van der Waals surface area contributed by atoms with Crippen molar-refractivity contribution in [2.24, 2.45) is 12.8 Å². The number of ether oxygens (including phenoxy) is 1. The zero-order valence-electron chi connectivity index (χ0n) is 12.7. The monoisotopic (exact) mass is 273 g/mol. The predicted molar refractivity (Wildman–Crippen MR) is 80.9 cm³/mol. The minimum absolute atomic E-state index is 0.0444. The highest BCUT2D eigenvalue weighted by Crippen LogP contribution is 2.23.